The Morgan fingerprint density at radius 2 is 1.56 bits per heavy atom. The quantitative estimate of drug-likeness (QED) is 0.430. The number of carbonyl (C=O) groups is 3. The molecule has 0 spiro atoms. The lowest BCUT2D eigenvalue weighted by molar-refractivity contribution is -0.159. The maximum atomic E-state index is 11.8. The average molecular weight is 354 g/mol. The minimum Gasteiger partial charge on any atom is -0.473 e. The normalized spacial score (nSPS) is 9.76. The van der Waals surface area contributed by atoms with Gasteiger partial charge in [0.05, 0.1) is 6.54 Å². The molecule has 1 amide bonds. The van der Waals surface area contributed by atoms with E-state index in [1.54, 1.807) is 7.11 Å². The number of carboxylic acids is 2. The van der Waals surface area contributed by atoms with E-state index in [-0.39, 0.29) is 5.91 Å². The highest BCUT2D eigenvalue weighted by molar-refractivity contribution is 6.27. The number of hydrogen-bond acceptors (Lipinski definition) is 5. The molecule has 25 heavy (non-hydrogen) atoms. The van der Waals surface area contributed by atoms with Gasteiger partial charge in [0.15, 0.2) is 0 Å². The van der Waals surface area contributed by atoms with Crippen LogP contribution in [0.15, 0.2) is 12.1 Å². The number of rotatable bonds is 7. The van der Waals surface area contributed by atoms with Gasteiger partial charge >= 0.3 is 11.9 Å². The molecule has 0 saturated heterocycles. The summed E-state index contributed by atoms with van der Waals surface area (Å²) >= 11 is 0. The van der Waals surface area contributed by atoms with Gasteiger partial charge in [-0.3, -0.25) is 4.79 Å². The molecule has 0 unspecified atom stereocenters. The lowest BCUT2D eigenvalue weighted by Crippen LogP contribution is -2.29. The number of anilines is 1. The van der Waals surface area contributed by atoms with Crippen molar-refractivity contribution in [2.45, 2.75) is 27.2 Å². The fourth-order valence-electron chi connectivity index (χ4n) is 2.10. The number of aliphatic carboxylic acids is 2. The molecule has 0 heterocycles. The van der Waals surface area contributed by atoms with Crippen LogP contribution in [0, 0.1) is 20.8 Å². The van der Waals surface area contributed by atoms with E-state index in [4.69, 9.17) is 24.5 Å². The van der Waals surface area contributed by atoms with Crippen molar-refractivity contribution in [2.24, 2.45) is 0 Å². The van der Waals surface area contributed by atoms with Gasteiger partial charge in [-0.2, -0.15) is 0 Å². The van der Waals surface area contributed by atoms with E-state index in [0.29, 0.717) is 13.2 Å². The van der Waals surface area contributed by atoms with Crippen LogP contribution in [0.3, 0.4) is 0 Å². The van der Waals surface area contributed by atoms with Gasteiger partial charge in [0.1, 0.15) is 0 Å². The lowest BCUT2D eigenvalue weighted by atomic mass is 10.1. The first-order valence-electron chi connectivity index (χ1n) is 7.72. The van der Waals surface area contributed by atoms with Crippen LogP contribution in [0.2, 0.25) is 0 Å². The van der Waals surface area contributed by atoms with Crippen LogP contribution in [0.1, 0.15) is 23.1 Å². The van der Waals surface area contributed by atoms with E-state index in [9.17, 15) is 4.79 Å². The van der Waals surface area contributed by atoms with Crippen LogP contribution < -0.4 is 10.6 Å². The Kier molecular flexibility index (Phi) is 10.8. The number of nitrogens with one attached hydrogen (secondary N) is 2. The third-order valence-corrected chi connectivity index (χ3v) is 3.11. The summed E-state index contributed by atoms with van der Waals surface area (Å²) in [7, 11) is 1.68. The van der Waals surface area contributed by atoms with Crippen LogP contribution in [-0.2, 0) is 19.1 Å². The molecule has 4 N–H and O–H groups in total. The SMILES string of the molecule is COCCCNCC(=O)Nc1c(C)cc(C)cc1C.O=C(O)C(=O)O. The summed E-state index contributed by atoms with van der Waals surface area (Å²) in [6.45, 7) is 7.92. The number of ether oxygens (including phenoxy) is 1. The van der Waals surface area contributed by atoms with E-state index in [2.05, 4.69) is 29.7 Å². The Balaban J connectivity index is 0.000000823. The number of methoxy groups -OCH3 is 1. The van der Waals surface area contributed by atoms with Crippen molar-refractivity contribution in [2.75, 3.05) is 32.1 Å². The number of benzene rings is 1. The molecule has 0 bridgehead atoms. The predicted octanol–water partition coefficient (Wildman–Crippen LogP) is 1.33. The Morgan fingerprint density at radius 3 is 2.00 bits per heavy atom. The van der Waals surface area contributed by atoms with Crippen molar-refractivity contribution < 1.29 is 29.3 Å². The highest BCUT2D eigenvalue weighted by Gasteiger charge is 2.07. The summed E-state index contributed by atoms with van der Waals surface area (Å²) in [6, 6.07) is 4.16. The zero-order chi connectivity index (χ0) is 19.4. The molecule has 0 fully saturated rings. The molecule has 0 aromatic heterocycles. The highest BCUT2D eigenvalue weighted by Crippen LogP contribution is 2.21. The first-order chi connectivity index (χ1) is 11.7. The van der Waals surface area contributed by atoms with E-state index < -0.39 is 11.9 Å². The Hall–Kier alpha value is -2.45. The largest absolute Gasteiger partial charge is 0.473 e. The smallest absolute Gasteiger partial charge is 0.414 e. The van der Waals surface area contributed by atoms with Gasteiger partial charge in [0.25, 0.3) is 0 Å². The zero-order valence-electron chi connectivity index (χ0n) is 15.0. The summed E-state index contributed by atoms with van der Waals surface area (Å²) in [4.78, 5) is 30.0. The monoisotopic (exact) mass is 354 g/mol. The van der Waals surface area contributed by atoms with Crippen molar-refractivity contribution in [3.8, 4) is 0 Å². The number of carboxylic acid groups (broad SMARTS) is 2. The number of hydrogen-bond donors (Lipinski definition) is 4. The lowest BCUT2D eigenvalue weighted by Gasteiger charge is -2.13. The Labute approximate surface area is 147 Å². The molecule has 1 aromatic carbocycles. The highest BCUT2D eigenvalue weighted by atomic mass is 16.5. The van der Waals surface area contributed by atoms with Crippen molar-refractivity contribution in [3.63, 3.8) is 0 Å². The summed E-state index contributed by atoms with van der Waals surface area (Å²) in [6.07, 6.45) is 0.909. The average Bonchev–Trinajstić information content (AvgIpc) is 2.51. The van der Waals surface area contributed by atoms with Crippen LogP contribution in [0.25, 0.3) is 0 Å². The van der Waals surface area contributed by atoms with Crippen LogP contribution in [-0.4, -0.2) is 54.9 Å². The molecule has 8 nitrogen and oxygen atoms in total. The Morgan fingerprint density at radius 1 is 1.04 bits per heavy atom. The first-order valence-corrected chi connectivity index (χ1v) is 7.72. The van der Waals surface area contributed by atoms with Gasteiger partial charge in [-0.1, -0.05) is 17.7 Å². The van der Waals surface area contributed by atoms with E-state index in [0.717, 1.165) is 29.8 Å². The molecule has 1 rings (SSSR count). The summed E-state index contributed by atoms with van der Waals surface area (Å²) in [5, 5.41) is 20.8. The summed E-state index contributed by atoms with van der Waals surface area (Å²) < 4.78 is 4.95. The zero-order valence-corrected chi connectivity index (χ0v) is 15.0. The standard InChI is InChI=1S/C15H24N2O2.C2H2O4/c1-11-8-12(2)15(13(3)9-11)17-14(18)10-16-6-5-7-19-4;3-1(4)2(5)6/h8-9,16H,5-7,10H2,1-4H3,(H,17,18);(H,3,4)(H,5,6). The maximum Gasteiger partial charge on any atom is 0.414 e. The van der Waals surface area contributed by atoms with Crippen molar-refractivity contribution in [1.82, 2.24) is 5.32 Å². The minimum atomic E-state index is -1.82. The first kappa shape index (κ1) is 22.6. The van der Waals surface area contributed by atoms with Gasteiger partial charge in [-0.25, -0.2) is 9.59 Å². The van der Waals surface area contributed by atoms with Crippen LogP contribution in [0.5, 0.6) is 0 Å². The third kappa shape index (κ3) is 10.1. The van der Waals surface area contributed by atoms with E-state index >= 15 is 0 Å². The summed E-state index contributed by atoms with van der Waals surface area (Å²) in [5.41, 5.74) is 4.34. The molecule has 8 heteroatoms. The second kappa shape index (κ2) is 12.0. The summed E-state index contributed by atoms with van der Waals surface area (Å²) in [5.74, 6) is -3.66. The molecule has 0 aliphatic rings. The van der Waals surface area contributed by atoms with E-state index in [1.165, 1.54) is 5.56 Å². The molecule has 0 aliphatic carbocycles. The fraction of sp³-hybridized carbons (Fsp3) is 0.471. The second-order valence-electron chi connectivity index (χ2n) is 5.46. The molecule has 0 aliphatic heterocycles. The van der Waals surface area contributed by atoms with Crippen LogP contribution in [0.4, 0.5) is 5.69 Å². The second-order valence-corrected chi connectivity index (χ2v) is 5.46. The molecule has 0 saturated carbocycles. The Bertz CT molecular complexity index is 566. The topological polar surface area (TPSA) is 125 Å². The van der Waals surface area contributed by atoms with Gasteiger partial charge in [-0.15, -0.1) is 0 Å². The third-order valence-electron chi connectivity index (χ3n) is 3.11. The number of carbonyl (C=O) groups excluding carboxylic acids is 1. The van der Waals surface area contributed by atoms with Crippen LogP contribution >= 0.6 is 0 Å². The molecular weight excluding hydrogens is 328 g/mol. The number of aryl methyl sites for hydroxylation is 3. The molecule has 140 valence electrons. The van der Waals surface area contributed by atoms with E-state index in [1.807, 2.05) is 13.8 Å². The molecule has 0 radical (unpaired) electrons. The minimum absolute atomic E-state index is 0.00697. The number of amides is 1. The van der Waals surface area contributed by atoms with Crippen molar-refractivity contribution >= 4 is 23.5 Å². The predicted molar refractivity (Wildman–Crippen MR) is 93.9 cm³/mol. The molecular formula is C17H26N2O6. The van der Waals surface area contributed by atoms with Gasteiger partial charge in [0.2, 0.25) is 5.91 Å². The van der Waals surface area contributed by atoms with Gasteiger partial charge in [0, 0.05) is 19.4 Å². The van der Waals surface area contributed by atoms with Crippen molar-refractivity contribution in [3.05, 3.63) is 28.8 Å². The van der Waals surface area contributed by atoms with Gasteiger partial charge < -0.3 is 25.6 Å². The van der Waals surface area contributed by atoms with Gasteiger partial charge in [-0.05, 0) is 44.9 Å². The maximum absolute atomic E-state index is 11.8. The fourth-order valence-corrected chi connectivity index (χ4v) is 2.10. The molecule has 1 aromatic rings. The molecule has 0 atom stereocenters. The van der Waals surface area contributed by atoms with Crippen molar-refractivity contribution in [1.29, 1.82) is 0 Å².